The Morgan fingerprint density at radius 3 is 2.85 bits per heavy atom. The Kier molecular flexibility index (Phi) is 2.83. The van der Waals surface area contributed by atoms with Crippen molar-refractivity contribution >= 4 is 27.5 Å². The van der Waals surface area contributed by atoms with E-state index in [-0.39, 0.29) is 6.29 Å². The fourth-order valence-electron chi connectivity index (χ4n) is 1.15. The summed E-state index contributed by atoms with van der Waals surface area (Å²) in [5.74, 6) is 0. The average Bonchev–Trinajstić information content (AvgIpc) is 2.62. The monoisotopic (exact) mass is 263 g/mol. The number of hydrogen-bond acceptors (Lipinski definition) is 3. The second kappa shape index (κ2) is 3.92. The molecule has 0 spiro atoms. The summed E-state index contributed by atoms with van der Waals surface area (Å²) >= 11 is 9.16. The van der Waals surface area contributed by atoms with Crippen LogP contribution in [0.25, 0.3) is 0 Å². The lowest BCUT2D eigenvalue weighted by Gasteiger charge is -2.11. The normalized spacial score (nSPS) is 18.0. The molecule has 1 fully saturated rings. The van der Waals surface area contributed by atoms with E-state index in [1.807, 2.05) is 6.07 Å². The van der Waals surface area contributed by atoms with Crippen LogP contribution in [-0.4, -0.2) is 18.2 Å². The summed E-state index contributed by atoms with van der Waals surface area (Å²) in [6.07, 6.45) is 1.32. The third-order valence-corrected chi connectivity index (χ3v) is 3.10. The molecule has 0 saturated carbocycles. The molecule has 70 valence electrons. The SMILES string of the molecule is Clc1nccc(C2OCCO2)c1Br. The molecule has 0 radical (unpaired) electrons. The summed E-state index contributed by atoms with van der Waals surface area (Å²) in [4.78, 5) is 3.92. The lowest BCUT2D eigenvalue weighted by Crippen LogP contribution is -1.99. The molecule has 1 aliphatic heterocycles. The molecular formula is C8H7BrClNO2. The van der Waals surface area contributed by atoms with Gasteiger partial charge >= 0.3 is 0 Å². The van der Waals surface area contributed by atoms with Crippen LogP contribution < -0.4 is 0 Å². The molecule has 2 rings (SSSR count). The number of halogens is 2. The van der Waals surface area contributed by atoms with Crippen LogP contribution in [-0.2, 0) is 9.47 Å². The van der Waals surface area contributed by atoms with Crippen molar-refractivity contribution in [3.63, 3.8) is 0 Å². The van der Waals surface area contributed by atoms with E-state index in [1.54, 1.807) is 6.20 Å². The maximum absolute atomic E-state index is 5.82. The van der Waals surface area contributed by atoms with E-state index in [2.05, 4.69) is 20.9 Å². The zero-order valence-corrected chi connectivity index (χ0v) is 9.01. The highest BCUT2D eigenvalue weighted by Gasteiger charge is 2.21. The van der Waals surface area contributed by atoms with Crippen LogP contribution in [0.1, 0.15) is 11.9 Å². The zero-order chi connectivity index (χ0) is 9.26. The third kappa shape index (κ3) is 1.86. The molecule has 1 aromatic heterocycles. The lowest BCUT2D eigenvalue weighted by molar-refractivity contribution is -0.0446. The molecule has 5 heteroatoms. The predicted octanol–water partition coefficient (Wildman–Crippen LogP) is 2.54. The van der Waals surface area contributed by atoms with Gasteiger partial charge < -0.3 is 9.47 Å². The maximum atomic E-state index is 5.82. The van der Waals surface area contributed by atoms with E-state index in [9.17, 15) is 0 Å². The van der Waals surface area contributed by atoms with E-state index >= 15 is 0 Å². The zero-order valence-electron chi connectivity index (χ0n) is 6.67. The second-order valence-corrected chi connectivity index (χ2v) is 3.73. The van der Waals surface area contributed by atoms with Crippen LogP contribution in [0, 0.1) is 0 Å². The number of pyridine rings is 1. The van der Waals surface area contributed by atoms with Crippen molar-refractivity contribution in [2.45, 2.75) is 6.29 Å². The van der Waals surface area contributed by atoms with Crippen molar-refractivity contribution in [2.75, 3.05) is 13.2 Å². The van der Waals surface area contributed by atoms with Crippen molar-refractivity contribution in [1.82, 2.24) is 4.98 Å². The minimum absolute atomic E-state index is 0.310. The molecule has 13 heavy (non-hydrogen) atoms. The van der Waals surface area contributed by atoms with Crippen LogP contribution in [0.3, 0.4) is 0 Å². The quantitative estimate of drug-likeness (QED) is 0.731. The van der Waals surface area contributed by atoms with Crippen molar-refractivity contribution < 1.29 is 9.47 Å². The molecule has 1 saturated heterocycles. The Labute approximate surface area is 89.1 Å². The topological polar surface area (TPSA) is 31.4 Å². The van der Waals surface area contributed by atoms with Gasteiger partial charge in [0.05, 0.1) is 17.7 Å². The molecule has 0 atom stereocenters. The van der Waals surface area contributed by atoms with Crippen LogP contribution in [0.2, 0.25) is 5.15 Å². The molecule has 0 unspecified atom stereocenters. The van der Waals surface area contributed by atoms with Gasteiger partial charge in [0.2, 0.25) is 0 Å². The molecule has 3 nitrogen and oxygen atoms in total. The van der Waals surface area contributed by atoms with E-state index in [0.717, 1.165) is 10.0 Å². The molecular weight excluding hydrogens is 257 g/mol. The summed E-state index contributed by atoms with van der Waals surface area (Å²) in [6.45, 7) is 1.24. The van der Waals surface area contributed by atoms with Crippen LogP contribution in [0.5, 0.6) is 0 Å². The number of rotatable bonds is 1. The minimum atomic E-state index is -0.310. The Morgan fingerprint density at radius 2 is 2.15 bits per heavy atom. The van der Waals surface area contributed by atoms with Crippen molar-refractivity contribution in [3.8, 4) is 0 Å². The number of aromatic nitrogens is 1. The van der Waals surface area contributed by atoms with Crippen LogP contribution >= 0.6 is 27.5 Å². The predicted molar refractivity (Wildman–Crippen MR) is 51.6 cm³/mol. The van der Waals surface area contributed by atoms with Gasteiger partial charge in [-0.3, -0.25) is 0 Å². The summed E-state index contributed by atoms with van der Waals surface area (Å²) < 4.78 is 11.4. The maximum Gasteiger partial charge on any atom is 0.185 e. The Morgan fingerprint density at radius 1 is 1.46 bits per heavy atom. The summed E-state index contributed by atoms with van der Waals surface area (Å²) in [5, 5.41) is 0.427. The first-order valence-corrected chi connectivity index (χ1v) is 4.99. The van der Waals surface area contributed by atoms with Gasteiger partial charge in [-0.1, -0.05) is 11.6 Å². The molecule has 0 aromatic carbocycles. The van der Waals surface area contributed by atoms with E-state index < -0.39 is 0 Å². The molecule has 0 amide bonds. The first-order valence-electron chi connectivity index (χ1n) is 3.82. The number of nitrogens with zero attached hydrogens (tertiary/aromatic N) is 1. The molecule has 2 heterocycles. The van der Waals surface area contributed by atoms with Crippen molar-refractivity contribution in [3.05, 3.63) is 27.5 Å². The van der Waals surface area contributed by atoms with Crippen LogP contribution in [0.15, 0.2) is 16.7 Å². The fourth-order valence-corrected chi connectivity index (χ4v) is 1.74. The average molecular weight is 265 g/mol. The van der Waals surface area contributed by atoms with Gasteiger partial charge in [-0.2, -0.15) is 0 Å². The van der Waals surface area contributed by atoms with E-state index in [1.165, 1.54) is 0 Å². The standard InChI is InChI=1S/C8H7BrClNO2/c9-6-5(1-2-11-7(6)10)8-12-3-4-13-8/h1-2,8H,3-4H2. The van der Waals surface area contributed by atoms with Gasteiger partial charge in [-0.15, -0.1) is 0 Å². The second-order valence-electron chi connectivity index (χ2n) is 2.58. The van der Waals surface area contributed by atoms with E-state index in [0.29, 0.717) is 18.4 Å². The van der Waals surface area contributed by atoms with Crippen molar-refractivity contribution in [2.24, 2.45) is 0 Å². The lowest BCUT2D eigenvalue weighted by atomic mass is 10.2. The summed E-state index contributed by atoms with van der Waals surface area (Å²) in [5.41, 5.74) is 0.887. The van der Waals surface area contributed by atoms with Gasteiger partial charge in [-0.25, -0.2) is 4.98 Å². The smallest absolute Gasteiger partial charge is 0.185 e. The first-order chi connectivity index (χ1) is 6.29. The fraction of sp³-hybridized carbons (Fsp3) is 0.375. The highest BCUT2D eigenvalue weighted by Crippen LogP contribution is 2.32. The Hall–Kier alpha value is -0.160. The molecule has 0 N–H and O–H groups in total. The number of hydrogen-bond donors (Lipinski definition) is 0. The van der Waals surface area contributed by atoms with Crippen molar-refractivity contribution in [1.29, 1.82) is 0 Å². The third-order valence-electron chi connectivity index (χ3n) is 1.75. The Balaban J connectivity index is 2.33. The molecule has 0 aliphatic carbocycles. The molecule has 1 aromatic rings. The van der Waals surface area contributed by atoms with Gasteiger partial charge in [0.1, 0.15) is 5.15 Å². The largest absolute Gasteiger partial charge is 0.346 e. The molecule has 0 bridgehead atoms. The van der Waals surface area contributed by atoms with Crippen LogP contribution in [0.4, 0.5) is 0 Å². The highest BCUT2D eigenvalue weighted by molar-refractivity contribution is 9.10. The summed E-state index contributed by atoms with van der Waals surface area (Å²) in [6, 6.07) is 1.83. The van der Waals surface area contributed by atoms with Gasteiger partial charge in [-0.05, 0) is 22.0 Å². The highest BCUT2D eigenvalue weighted by atomic mass is 79.9. The minimum Gasteiger partial charge on any atom is -0.346 e. The number of ether oxygens (including phenoxy) is 2. The Bertz CT molecular complexity index is 315. The summed E-state index contributed by atoms with van der Waals surface area (Å²) in [7, 11) is 0. The van der Waals surface area contributed by atoms with Gasteiger partial charge in [0, 0.05) is 11.8 Å². The van der Waals surface area contributed by atoms with Gasteiger partial charge in [0.15, 0.2) is 6.29 Å². The molecule has 1 aliphatic rings. The van der Waals surface area contributed by atoms with E-state index in [4.69, 9.17) is 21.1 Å². The van der Waals surface area contributed by atoms with Gasteiger partial charge in [0.25, 0.3) is 0 Å². The first kappa shape index (κ1) is 9.40.